The lowest BCUT2D eigenvalue weighted by atomic mass is 9.85. The number of rotatable bonds is 6. The van der Waals surface area contributed by atoms with Crippen LogP contribution in [-0.2, 0) is 14.3 Å². The number of nitrogens with one attached hydrogen (secondary N) is 2. The maximum absolute atomic E-state index is 12.2. The van der Waals surface area contributed by atoms with Gasteiger partial charge in [0.1, 0.15) is 0 Å². The summed E-state index contributed by atoms with van der Waals surface area (Å²) >= 11 is 0. The molecule has 2 aliphatic heterocycles. The van der Waals surface area contributed by atoms with Gasteiger partial charge in [-0.1, -0.05) is 12.8 Å². The van der Waals surface area contributed by atoms with Crippen LogP contribution in [0.15, 0.2) is 0 Å². The molecule has 3 unspecified atom stereocenters. The molecular formula is C17H30N2O3. The Kier molecular flexibility index (Phi) is 6.10. The maximum atomic E-state index is 12.2. The Labute approximate surface area is 133 Å². The van der Waals surface area contributed by atoms with Crippen molar-refractivity contribution >= 4 is 5.91 Å². The molecule has 126 valence electrons. The van der Waals surface area contributed by atoms with Crippen LogP contribution in [0.3, 0.4) is 0 Å². The van der Waals surface area contributed by atoms with Gasteiger partial charge in [-0.25, -0.2) is 0 Å². The third kappa shape index (κ3) is 4.43. The minimum atomic E-state index is 0.0320. The minimum Gasteiger partial charge on any atom is -0.381 e. The van der Waals surface area contributed by atoms with Crippen LogP contribution in [-0.4, -0.2) is 50.5 Å². The van der Waals surface area contributed by atoms with Crippen molar-refractivity contribution in [2.45, 2.75) is 69.6 Å². The molecule has 3 fully saturated rings. The van der Waals surface area contributed by atoms with E-state index >= 15 is 0 Å². The van der Waals surface area contributed by atoms with Crippen LogP contribution in [0.2, 0.25) is 0 Å². The monoisotopic (exact) mass is 310 g/mol. The summed E-state index contributed by atoms with van der Waals surface area (Å²) in [5.41, 5.74) is 0. The molecule has 2 saturated heterocycles. The van der Waals surface area contributed by atoms with Crippen molar-refractivity contribution in [3.05, 3.63) is 0 Å². The van der Waals surface area contributed by atoms with E-state index in [1.165, 1.54) is 25.7 Å². The zero-order valence-electron chi connectivity index (χ0n) is 13.5. The molecule has 0 aromatic carbocycles. The number of amides is 1. The second kappa shape index (κ2) is 8.27. The summed E-state index contributed by atoms with van der Waals surface area (Å²) in [4.78, 5) is 12.2. The second-order valence-electron chi connectivity index (χ2n) is 6.93. The molecule has 0 spiro atoms. The summed E-state index contributed by atoms with van der Waals surface area (Å²) in [5, 5.41) is 6.59. The molecule has 3 rings (SSSR count). The number of ether oxygens (including phenoxy) is 2. The predicted molar refractivity (Wildman–Crippen MR) is 84.7 cm³/mol. The lowest BCUT2D eigenvalue weighted by molar-refractivity contribution is -0.122. The summed E-state index contributed by atoms with van der Waals surface area (Å²) in [6.45, 7) is 3.08. The van der Waals surface area contributed by atoms with E-state index in [1.807, 2.05) is 0 Å². The number of hydrogen-bond donors (Lipinski definition) is 2. The van der Waals surface area contributed by atoms with Crippen LogP contribution < -0.4 is 10.6 Å². The third-order valence-electron chi connectivity index (χ3n) is 5.32. The topological polar surface area (TPSA) is 59.6 Å². The summed E-state index contributed by atoms with van der Waals surface area (Å²) in [6, 6.07) is 0.617. The zero-order chi connectivity index (χ0) is 15.2. The van der Waals surface area contributed by atoms with E-state index in [0.717, 1.165) is 58.0 Å². The SMILES string of the molecule is O=C(NCCCOC1CCOCC1)C1CC2CCCCC2N1. The van der Waals surface area contributed by atoms with Gasteiger partial charge in [0.15, 0.2) is 0 Å². The average molecular weight is 310 g/mol. The molecule has 0 aromatic heterocycles. The van der Waals surface area contributed by atoms with Crippen molar-refractivity contribution in [2.75, 3.05) is 26.4 Å². The van der Waals surface area contributed by atoms with Gasteiger partial charge in [-0.3, -0.25) is 4.79 Å². The van der Waals surface area contributed by atoms with Gasteiger partial charge >= 0.3 is 0 Å². The smallest absolute Gasteiger partial charge is 0.237 e. The van der Waals surface area contributed by atoms with E-state index in [1.54, 1.807) is 0 Å². The largest absolute Gasteiger partial charge is 0.381 e. The molecule has 0 radical (unpaired) electrons. The summed E-state index contributed by atoms with van der Waals surface area (Å²) in [5.74, 6) is 0.904. The van der Waals surface area contributed by atoms with Crippen LogP contribution in [0.5, 0.6) is 0 Å². The highest BCUT2D eigenvalue weighted by atomic mass is 16.5. The van der Waals surface area contributed by atoms with Crippen LogP contribution in [0.1, 0.15) is 51.4 Å². The van der Waals surface area contributed by atoms with Gasteiger partial charge in [-0.2, -0.15) is 0 Å². The van der Waals surface area contributed by atoms with E-state index in [2.05, 4.69) is 10.6 Å². The van der Waals surface area contributed by atoms with E-state index in [0.29, 0.717) is 12.1 Å². The molecule has 2 heterocycles. The Balaban J connectivity index is 1.26. The first-order chi connectivity index (χ1) is 10.8. The Bertz CT molecular complexity index is 344. The molecule has 5 heteroatoms. The quantitative estimate of drug-likeness (QED) is 0.732. The zero-order valence-corrected chi connectivity index (χ0v) is 13.5. The molecule has 22 heavy (non-hydrogen) atoms. The van der Waals surface area contributed by atoms with Gasteiger partial charge in [0, 0.05) is 32.4 Å². The third-order valence-corrected chi connectivity index (χ3v) is 5.32. The summed E-state index contributed by atoms with van der Waals surface area (Å²) in [7, 11) is 0. The lowest BCUT2D eigenvalue weighted by Crippen LogP contribution is -2.43. The second-order valence-corrected chi connectivity index (χ2v) is 6.93. The highest BCUT2D eigenvalue weighted by Gasteiger charge is 2.37. The number of fused-ring (bicyclic) bond motifs is 1. The van der Waals surface area contributed by atoms with Gasteiger partial charge in [0.25, 0.3) is 0 Å². The van der Waals surface area contributed by atoms with Gasteiger partial charge in [-0.05, 0) is 44.4 Å². The fraction of sp³-hybridized carbons (Fsp3) is 0.941. The molecule has 1 amide bonds. The molecule has 0 bridgehead atoms. The normalized spacial score (nSPS) is 32.6. The summed E-state index contributed by atoms with van der Waals surface area (Å²) < 4.78 is 11.1. The van der Waals surface area contributed by atoms with Crippen molar-refractivity contribution < 1.29 is 14.3 Å². The summed E-state index contributed by atoms with van der Waals surface area (Å²) in [6.07, 6.45) is 9.45. The van der Waals surface area contributed by atoms with E-state index < -0.39 is 0 Å². The van der Waals surface area contributed by atoms with Crippen molar-refractivity contribution in [3.63, 3.8) is 0 Å². The molecule has 5 nitrogen and oxygen atoms in total. The molecule has 0 aromatic rings. The van der Waals surface area contributed by atoms with E-state index in [4.69, 9.17) is 9.47 Å². The van der Waals surface area contributed by atoms with Crippen molar-refractivity contribution in [3.8, 4) is 0 Å². The van der Waals surface area contributed by atoms with Gasteiger partial charge in [0.05, 0.1) is 12.1 Å². The minimum absolute atomic E-state index is 0.0320. The molecule has 1 aliphatic carbocycles. The van der Waals surface area contributed by atoms with Crippen molar-refractivity contribution in [1.82, 2.24) is 10.6 Å². The fourth-order valence-corrected chi connectivity index (χ4v) is 4.02. The van der Waals surface area contributed by atoms with Crippen LogP contribution in [0, 0.1) is 5.92 Å². The highest BCUT2D eigenvalue weighted by molar-refractivity contribution is 5.82. The predicted octanol–water partition coefficient (Wildman–Crippen LogP) is 1.61. The molecule has 2 N–H and O–H groups in total. The standard InChI is InChI=1S/C17H30N2O3/c20-17(16-12-13-4-1-2-5-15(13)19-16)18-8-3-9-22-14-6-10-21-11-7-14/h13-16,19H,1-12H2,(H,18,20). The van der Waals surface area contributed by atoms with Crippen molar-refractivity contribution in [1.29, 1.82) is 0 Å². The van der Waals surface area contributed by atoms with Crippen molar-refractivity contribution in [2.24, 2.45) is 5.92 Å². The first-order valence-corrected chi connectivity index (χ1v) is 9.06. The van der Waals surface area contributed by atoms with Gasteiger partial charge in [-0.15, -0.1) is 0 Å². The first kappa shape index (κ1) is 16.2. The van der Waals surface area contributed by atoms with Gasteiger partial charge < -0.3 is 20.1 Å². The van der Waals surface area contributed by atoms with Crippen LogP contribution in [0.25, 0.3) is 0 Å². The Hall–Kier alpha value is -0.650. The Morgan fingerprint density at radius 2 is 2.00 bits per heavy atom. The number of carbonyl (C=O) groups is 1. The fourth-order valence-electron chi connectivity index (χ4n) is 4.02. The number of hydrogen-bond acceptors (Lipinski definition) is 4. The molecule has 3 atom stereocenters. The highest BCUT2D eigenvalue weighted by Crippen LogP contribution is 2.33. The molecular weight excluding hydrogens is 280 g/mol. The Morgan fingerprint density at radius 1 is 1.18 bits per heavy atom. The maximum Gasteiger partial charge on any atom is 0.237 e. The lowest BCUT2D eigenvalue weighted by Gasteiger charge is -2.24. The van der Waals surface area contributed by atoms with E-state index in [9.17, 15) is 4.79 Å². The van der Waals surface area contributed by atoms with Crippen LogP contribution in [0.4, 0.5) is 0 Å². The first-order valence-electron chi connectivity index (χ1n) is 9.06. The number of carbonyl (C=O) groups excluding carboxylic acids is 1. The van der Waals surface area contributed by atoms with Gasteiger partial charge in [0.2, 0.25) is 5.91 Å². The van der Waals surface area contributed by atoms with Crippen LogP contribution >= 0.6 is 0 Å². The van der Waals surface area contributed by atoms with E-state index in [-0.39, 0.29) is 11.9 Å². The average Bonchev–Trinajstić information content (AvgIpc) is 2.99. The molecule has 1 saturated carbocycles. The Morgan fingerprint density at radius 3 is 2.82 bits per heavy atom. The molecule has 3 aliphatic rings.